The van der Waals surface area contributed by atoms with Gasteiger partial charge in [0, 0.05) is 12.6 Å². The molecule has 2 heteroatoms. The Balaban J connectivity index is 2.12. The first-order valence-corrected chi connectivity index (χ1v) is 5.49. The van der Waals surface area contributed by atoms with Crippen LogP contribution in [-0.2, 0) is 0 Å². The van der Waals surface area contributed by atoms with Crippen LogP contribution in [0.1, 0.15) is 45.4 Å². The topological polar surface area (TPSA) is 35.8 Å². The summed E-state index contributed by atoms with van der Waals surface area (Å²) in [6, 6.07) is 3.07. The summed E-state index contributed by atoms with van der Waals surface area (Å²) in [6.45, 7) is 3.04. The summed E-state index contributed by atoms with van der Waals surface area (Å²) in [4.78, 5) is 0. The molecule has 0 heterocycles. The lowest BCUT2D eigenvalue weighted by Crippen LogP contribution is -2.30. The van der Waals surface area contributed by atoms with Crippen LogP contribution in [-0.4, -0.2) is 12.6 Å². The molecule has 1 aliphatic rings. The molecule has 1 rings (SSSR count). The number of rotatable bonds is 5. The molecule has 0 aromatic rings. The van der Waals surface area contributed by atoms with E-state index in [1.54, 1.807) is 0 Å². The second-order valence-corrected chi connectivity index (χ2v) is 4.00. The van der Waals surface area contributed by atoms with Gasteiger partial charge in [0.2, 0.25) is 0 Å². The van der Waals surface area contributed by atoms with Crippen molar-refractivity contribution >= 4 is 0 Å². The molecule has 0 bridgehead atoms. The standard InChI is InChI=1S/C11H20N2/c1-2-5-10(8-12)9-13-11-6-3-4-7-11/h10-11,13H,2-7,9H2,1H3. The average Bonchev–Trinajstić information content (AvgIpc) is 2.64. The first-order valence-electron chi connectivity index (χ1n) is 5.49. The van der Waals surface area contributed by atoms with Gasteiger partial charge in [0.15, 0.2) is 0 Å². The summed E-state index contributed by atoms with van der Waals surface area (Å²) in [5.41, 5.74) is 0. The number of nitrogens with zero attached hydrogens (tertiary/aromatic N) is 1. The molecule has 2 nitrogen and oxygen atoms in total. The molecule has 1 N–H and O–H groups in total. The molecule has 0 aromatic carbocycles. The predicted molar refractivity (Wildman–Crippen MR) is 54.3 cm³/mol. The Labute approximate surface area is 81.3 Å². The molecule has 13 heavy (non-hydrogen) atoms. The third-order valence-corrected chi connectivity index (χ3v) is 2.83. The molecule has 1 unspecified atom stereocenters. The van der Waals surface area contributed by atoms with E-state index in [9.17, 15) is 0 Å². The van der Waals surface area contributed by atoms with Crippen molar-refractivity contribution in [3.8, 4) is 6.07 Å². The largest absolute Gasteiger partial charge is 0.313 e. The van der Waals surface area contributed by atoms with Crippen LogP contribution in [0.3, 0.4) is 0 Å². The molecule has 0 saturated heterocycles. The first kappa shape index (κ1) is 10.5. The molecule has 1 fully saturated rings. The molecule has 1 saturated carbocycles. The minimum absolute atomic E-state index is 0.227. The Morgan fingerprint density at radius 1 is 1.46 bits per heavy atom. The van der Waals surface area contributed by atoms with Gasteiger partial charge in [-0.2, -0.15) is 5.26 Å². The predicted octanol–water partition coefficient (Wildman–Crippen LogP) is 2.46. The maximum Gasteiger partial charge on any atom is 0.0669 e. The Morgan fingerprint density at radius 2 is 2.15 bits per heavy atom. The SMILES string of the molecule is CCCC(C#N)CNC1CCCC1. The van der Waals surface area contributed by atoms with E-state index in [0.29, 0.717) is 6.04 Å². The van der Waals surface area contributed by atoms with Crippen molar-refractivity contribution in [2.75, 3.05) is 6.54 Å². The molecule has 0 amide bonds. The van der Waals surface area contributed by atoms with E-state index < -0.39 is 0 Å². The van der Waals surface area contributed by atoms with E-state index >= 15 is 0 Å². The Hall–Kier alpha value is -0.550. The van der Waals surface area contributed by atoms with Crippen molar-refractivity contribution in [2.24, 2.45) is 5.92 Å². The summed E-state index contributed by atoms with van der Waals surface area (Å²) in [6.07, 6.45) is 7.50. The highest BCUT2D eigenvalue weighted by Crippen LogP contribution is 2.18. The van der Waals surface area contributed by atoms with Crippen LogP contribution in [0.4, 0.5) is 0 Å². The zero-order chi connectivity index (χ0) is 9.52. The van der Waals surface area contributed by atoms with Gasteiger partial charge >= 0.3 is 0 Å². The lowest BCUT2D eigenvalue weighted by molar-refractivity contribution is 0.460. The molecule has 74 valence electrons. The highest BCUT2D eigenvalue weighted by molar-refractivity contribution is 4.85. The van der Waals surface area contributed by atoms with Crippen molar-refractivity contribution < 1.29 is 0 Å². The van der Waals surface area contributed by atoms with Crippen LogP contribution in [0.15, 0.2) is 0 Å². The third kappa shape index (κ3) is 3.78. The highest BCUT2D eigenvalue weighted by atomic mass is 14.9. The van der Waals surface area contributed by atoms with Crippen LogP contribution in [0.2, 0.25) is 0 Å². The smallest absolute Gasteiger partial charge is 0.0669 e. The van der Waals surface area contributed by atoms with Crippen molar-refractivity contribution in [3.05, 3.63) is 0 Å². The molecule has 1 aliphatic carbocycles. The lowest BCUT2D eigenvalue weighted by Gasteiger charge is -2.14. The Bertz CT molecular complexity index is 165. The summed E-state index contributed by atoms with van der Waals surface area (Å²) >= 11 is 0. The molecule has 0 spiro atoms. The maximum atomic E-state index is 8.84. The summed E-state index contributed by atoms with van der Waals surface area (Å²) in [5, 5.41) is 12.3. The monoisotopic (exact) mass is 180 g/mol. The van der Waals surface area contributed by atoms with Crippen molar-refractivity contribution in [1.29, 1.82) is 5.26 Å². The van der Waals surface area contributed by atoms with Gasteiger partial charge in [-0.15, -0.1) is 0 Å². The van der Waals surface area contributed by atoms with Gasteiger partial charge in [-0.05, 0) is 19.3 Å². The number of nitriles is 1. The lowest BCUT2D eigenvalue weighted by atomic mass is 10.1. The van der Waals surface area contributed by atoms with E-state index in [1.165, 1.54) is 25.7 Å². The van der Waals surface area contributed by atoms with E-state index in [1.807, 2.05) is 0 Å². The average molecular weight is 180 g/mol. The minimum Gasteiger partial charge on any atom is -0.313 e. The fourth-order valence-corrected chi connectivity index (χ4v) is 2.00. The summed E-state index contributed by atoms with van der Waals surface area (Å²) < 4.78 is 0. The van der Waals surface area contributed by atoms with E-state index in [-0.39, 0.29) is 5.92 Å². The zero-order valence-corrected chi connectivity index (χ0v) is 8.55. The fourth-order valence-electron chi connectivity index (χ4n) is 2.00. The van der Waals surface area contributed by atoms with Crippen LogP contribution in [0, 0.1) is 17.2 Å². The zero-order valence-electron chi connectivity index (χ0n) is 8.55. The first-order chi connectivity index (χ1) is 6.36. The summed E-state index contributed by atoms with van der Waals surface area (Å²) in [7, 11) is 0. The van der Waals surface area contributed by atoms with Crippen molar-refractivity contribution in [1.82, 2.24) is 5.32 Å². The second kappa shape index (κ2) is 5.99. The van der Waals surface area contributed by atoms with Gasteiger partial charge in [0.1, 0.15) is 0 Å². The molecule has 0 aliphatic heterocycles. The minimum atomic E-state index is 0.227. The van der Waals surface area contributed by atoms with Crippen molar-refractivity contribution in [3.63, 3.8) is 0 Å². The molecule has 0 aromatic heterocycles. The Kier molecular flexibility index (Phi) is 4.85. The maximum absolute atomic E-state index is 8.84. The Morgan fingerprint density at radius 3 is 2.69 bits per heavy atom. The van der Waals surface area contributed by atoms with Crippen LogP contribution >= 0.6 is 0 Å². The van der Waals surface area contributed by atoms with Crippen LogP contribution < -0.4 is 5.32 Å². The van der Waals surface area contributed by atoms with Gasteiger partial charge in [0.05, 0.1) is 12.0 Å². The van der Waals surface area contributed by atoms with E-state index in [4.69, 9.17) is 5.26 Å². The van der Waals surface area contributed by atoms with Crippen LogP contribution in [0.25, 0.3) is 0 Å². The molecule has 1 atom stereocenters. The number of nitrogens with one attached hydrogen (secondary N) is 1. The van der Waals surface area contributed by atoms with Gasteiger partial charge in [-0.25, -0.2) is 0 Å². The summed E-state index contributed by atoms with van der Waals surface area (Å²) in [5.74, 6) is 0.227. The quantitative estimate of drug-likeness (QED) is 0.705. The second-order valence-electron chi connectivity index (χ2n) is 4.00. The third-order valence-electron chi connectivity index (χ3n) is 2.83. The highest BCUT2D eigenvalue weighted by Gasteiger charge is 2.15. The van der Waals surface area contributed by atoms with Crippen LogP contribution in [0.5, 0.6) is 0 Å². The van der Waals surface area contributed by atoms with E-state index in [0.717, 1.165) is 19.4 Å². The van der Waals surface area contributed by atoms with E-state index in [2.05, 4.69) is 18.3 Å². The van der Waals surface area contributed by atoms with Gasteiger partial charge < -0.3 is 5.32 Å². The molecule has 0 radical (unpaired) electrons. The fraction of sp³-hybridized carbons (Fsp3) is 0.909. The van der Waals surface area contributed by atoms with Gasteiger partial charge in [-0.1, -0.05) is 26.2 Å². The normalized spacial score (nSPS) is 20.0. The number of hydrogen-bond acceptors (Lipinski definition) is 2. The molecular weight excluding hydrogens is 160 g/mol. The number of hydrogen-bond donors (Lipinski definition) is 1. The molecular formula is C11H20N2. The van der Waals surface area contributed by atoms with Crippen molar-refractivity contribution in [2.45, 2.75) is 51.5 Å². The van der Waals surface area contributed by atoms with Gasteiger partial charge in [0.25, 0.3) is 0 Å². The van der Waals surface area contributed by atoms with Gasteiger partial charge in [-0.3, -0.25) is 0 Å².